The van der Waals surface area contributed by atoms with Crippen molar-refractivity contribution in [3.05, 3.63) is 41.5 Å². The third-order valence-corrected chi connectivity index (χ3v) is 2.30. The Labute approximate surface area is 89.0 Å². The van der Waals surface area contributed by atoms with Crippen LogP contribution in [0.1, 0.15) is 11.1 Å². The van der Waals surface area contributed by atoms with Crippen LogP contribution in [0.15, 0.2) is 40.7 Å². The van der Waals surface area contributed by atoms with Gasteiger partial charge >= 0.3 is 0 Å². The molecule has 1 aromatic rings. The van der Waals surface area contributed by atoms with Gasteiger partial charge in [0.1, 0.15) is 0 Å². The fourth-order valence-electron chi connectivity index (χ4n) is 1.51. The molecule has 0 fully saturated rings. The first-order chi connectivity index (χ1) is 7.36. The second-order valence-electron chi connectivity index (χ2n) is 3.42. The summed E-state index contributed by atoms with van der Waals surface area (Å²) < 4.78 is 0. The Balaban J connectivity index is 0.000000124. The number of benzene rings is 1. The molecule has 78 valence electrons. The predicted octanol–water partition coefficient (Wildman–Crippen LogP) is 1.80. The van der Waals surface area contributed by atoms with E-state index in [-0.39, 0.29) is 0 Å². The van der Waals surface area contributed by atoms with E-state index in [9.17, 15) is 0 Å². The van der Waals surface area contributed by atoms with Gasteiger partial charge in [-0.15, -0.1) is 0 Å². The molecule has 0 atom stereocenters. The van der Waals surface area contributed by atoms with Crippen LogP contribution in [-0.4, -0.2) is 18.2 Å². The third-order valence-electron chi connectivity index (χ3n) is 2.30. The van der Waals surface area contributed by atoms with Crippen LogP contribution < -0.4 is 5.84 Å². The topological polar surface area (TPSA) is 54.0 Å². The summed E-state index contributed by atoms with van der Waals surface area (Å²) >= 11 is 0. The quantitative estimate of drug-likeness (QED) is 0.652. The fourth-order valence-corrected chi connectivity index (χ4v) is 1.51. The largest absolute Gasteiger partial charge is 0.230 e. The van der Waals surface area contributed by atoms with E-state index in [0.29, 0.717) is 0 Å². The maximum Gasteiger partial charge on any atom is 0.0829 e. The van der Waals surface area contributed by atoms with Crippen molar-refractivity contribution in [3.8, 4) is 0 Å². The van der Waals surface area contributed by atoms with Crippen LogP contribution in [-0.2, 0) is 6.42 Å². The minimum atomic E-state index is 0.747. The standard InChI is InChI=1S/C9H8.C2H6N4/c1-2-5-9-7-3-6-8(9)4-1;3-6-2-1-4-5-6/h1-6H,7H2;1-3H2. The molecule has 0 unspecified atom stereocenters. The normalized spacial score (nSPS) is 16.2. The van der Waals surface area contributed by atoms with Crippen LogP contribution in [0, 0.1) is 0 Å². The Morgan fingerprint density at radius 1 is 1.27 bits per heavy atom. The number of hydrogen-bond donors (Lipinski definition) is 1. The van der Waals surface area contributed by atoms with Gasteiger partial charge in [0.15, 0.2) is 0 Å². The van der Waals surface area contributed by atoms with Crippen molar-refractivity contribution in [1.82, 2.24) is 5.12 Å². The summed E-state index contributed by atoms with van der Waals surface area (Å²) in [6.07, 6.45) is 5.50. The van der Waals surface area contributed by atoms with Crippen molar-refractivity contribution < 1.29 is 0 Å². The first-order valence-electron chi connectivity index (χ1n) is 5.00. The lowest BCUT2D eigenvalue weighted by atomic mass is 10.1. The first kappa shape index (κ1) is 9.86. The summed E-state index contributed by atoms with van der Waals surface area (Å²) in [5.74, 6) is 5.11. The van der Waals surface area contributed by atoms with Crippen LogP contribution in [0.25, 0.3) is 6.08 Å². The van der Waals surface area contributed by atoms with Crippen molar-refractivity contribution in [2.75, 3.05) is 13.1 Å². The molecule has 3 rings (SSSR count). The summed E-state index contributed by atoms with van der Waals surface area (Å²) in [6, 6.07) is 8.49. The molecule has 0 saturated carbocycles. The Hall–Kier alpha value is -1.68. The molecule has 15 heavy (non-hydrogen) atoms. The molecule has 2 N–H and O–H groups in total. The summed E-state index contributed by atoms with van der Waals surface area (Å²) in [4.78, 5) is 0. The molecule has 1 aliphatic heterocycles. The zero-order valence-electron chi connectivity index (χ0n) is 8.50. The minimum absolute atomic E-state index is 0.747. The van der Waals surface area contributed by atoms with Crippen LogP contribution in [0.4, 0.5) is 0 Å². The molecular weight excluding hydrogens is 188 g/mol. The van der Waals surface area contributed by atoms with Gasteiger partial charge in [-0.3, -0.25) is 0 Å². The molecule has 0 saturated heterocycles. The molecule has 4 nitrogen and oxygen atoms in total. The Morgan fingerprint density at radius 2 is 2.13 bits per heavy atom. The van der Waals surface area contributed by atoms with Crippen LogP contribution >= 0.6 is 0 Å². The molecule has 0 spiro atoms. The van der Waals surface area contributed by atoms with Crippen molar-refractivity contribution in [3.63, 3.8) is 0 Å². The molecule has 1 aromatic carbocycles. The minimum Gasteiger partial charge on any atom is -0.230 e. The average molecular weight is 202 g/mol. The van der Waals surface area contributed by atoms with Crippen molar-refractivity contribution in [2.24, 2.45) is 16.2 Å². The van der Waals surface area contributed by atoms with Crippen molar-refractivity contribution >= 4 is 6.08 Å². The zero-order chi connectivity index (χ0) is 10.5. The van der Waals surface area contributed by atoms with Crippen molar-refractivity contribution in [2.45, 2.75) is 6.42 Å². The second kappa shape index (κ2) is 4.70. The summed E-state index contributed by atoms with van der Waals surface area (Å²) in [5, 5.41) is 8.38. The highest BCUT2D eigenvalue weighted by Gasteiger charge is 2.00. The fraction of sp³-hybridized carbons (Fsp3) is 0.273. The number of allylic oxidation sites excluding steroid dienone is 1. The Bertz CT molecular complexity index is 384. The van der Waals surface area contributed by atoms with E-state index < -0.39 is 0 Å². The van der Waals surface area contributed by atoms with Gasteiger partial charge in [0.2, 0.25) is 0 Å². The summed E-state index contributed by atoms with van der Waals surface area (Å²) in [5.41, 5.74) is 2.84. The second-order valence-corrected chi connectivity index (χ2v) is 3.42. The lowest BCUT2D eigenvalue weighted by Crippen LogP contribution is -2.22. The van der Waals surface area contributed by atoms with Crippen LogP contribution in [0.5, 0.6) is 0 Å². The number of nitrogens with two attached hydrogens (primary N) is 1. The maximum absolute atomic E-state index is 5.11. The van der Waals surface area contributed by atoms with Gasteiger partial charge in [-0.05, 0) is 17.5 Å². The predicted molar refractivity (Wildman–Crippen MR) is 59.8 cm³/mol. The van der Waals surface area contributed by atoms with Gasteiger partial charge in [-0.25, -0.2) is 11.0 Å². The molecule has 4 heteroatoms. The highest BCUT2D eigenvalue weighted by atomic mass is 15.7. The molecule has 0 aromatic heterocycles. The molecule has 0 radical (unpaired) electrons. The van der Waals surface area contributed by atoms with Crippen LogP contribution in [0.2, 0.25) is 0 Å². The van der Waals surface area contributed by atoms with Gasteiger partial charge in [0, 0.05) is 0 Å². The summed E-state index contributed by atoms with van der Waals surface area (Å²) in [7, 11) is 0. The SMILES string of the molecule is C1=Cc2ccccc2C1.NN1CCN=N1. The molecule has 0 amide bonds. The van der Waals surface area contributed by atoms with E-state index in [4.69, 9.17) is 5.84 Å². The zero-order valence-corrected chi connectivity index (χ0v) is 8.50. The monoisotopic (exact) mass is 202 g/mol. The smallest absolute Gasteiger partial charge is 0.0829 e. The Morgan fingerprint density at radius 3 is 2.73 bits per heavy atom. The first-order valence-corrected chi connectivity index (χ1v) is 5.00. The lowest BCUT2D eigenvalue weighted by Gasteiger charge is -1.96. The number of hydrogen-bond acceptors (Lipinski definition) is 4. The molecule has 1 aliphatic carbocycles. The van der Waals surface area contributed by atoms with E-state index >= 15 is 0 Å². The number of nitrogens with zero attached hydrogens (tertiary/aromatic N) is 3. The van der Waals surface area contributed by atoms with Crippen molar-refractivity contribution in [1.29, 1.82) is 0 Å². The highest BCUT2D eigenvalue weighted by molar-refractivity contribution is 5.59. The molecule has 2 aliphatic rings. The molecule has 0 bridgehead atoms. The number of rotatable bonds is 0. The van der Waals surface area contributed by atoms with E-state index in [1.807, 2.05) is 0 Å². The molecular formula is C11H14N4. The van der Waals surface area contributed by atoms with Crippen LogP contribution in [0.3, 0.4) is 0 Å². The van der Waals surface area contributed by atoms with Gasteiger partial charge in [0.25, 0.3) is 0 Å². The maximum atomic E-state index is 5.11. The van der Waals surface area contributed by atoms with E-state index in [1.54, 1.807) is 0 Å². The number of fused-ring (bicyclic) bond motifs is 1. The third kappa shape index (κ3) is 2.63. The van der Waals surface area contributed by atoms with E-state index in [0.717, 1.165) is 19.5 Å². The number of hydrazine groups is 1. The van der Waals surface area contributed by atoms with E-state index in [2.05, 4.69) is 46.8 Å². The molecule has 1 heterocycles. The van der Waals surface area contributed by atoms with Gasteiger partial charge < -0.3 is 0 Å². The van der Waals surface area contributed by atoms with Gasteiger partial charge in [0.05, 0.1) is 13.1 Å². The van der Waals surface area contributed by atoms with E-state index in [1.165, 1.54) is 16.2 Å². The highest BCUT2D eigenvalue weighted by Crippen LogP contribution is 2.17. The lowest BCUT2D eigenvalue weighted by molar-refractivity contribution is 0.333. The Kier molecular flexibility index (Phi) is 3.09. The average Bonchev–Trinajstić information content (AvgIpc) is 2.88. The van der Waals surface area contributed by atoms with Gasteiger partial charge in [-0.2, -0.15) is 5.11 Å². The van der Waals surface area contributed by atoms with Gasteiger partial charge in [-0.1, -0.05) is 41.6 Å². The summed E-state index contributed by atoms with van der Waals surface area (Å²) in [6.45, 7) is 1.51.